The maximum Gasteiger partial charge on any atom is 0.262 e. The van der Waals surface area contributed by atoms with Gasteiger partial charge in [0.15, 0.2) is 0 Å². The number of hydrogen-bond acceptors (Lipinski definition) is 6. The van der Waals surface area contributed by atoms with Gasteiger partial charge in [0.05, 0.1) is 11.1 Å². The molecule has 3 heterocycles. The Bertz CT molecular complexity index is 801. The SMILES string of the molecule is C=O.O=C1CCC(N2C(=O)c3ccc(N4CCCCC4)cc3C2=O)C(=O)N1. The number of anilines is 1. The highest BCUT2D eigenvalue weighted by Gasteiger charge is 2.44. The van der Waals surface area contributed by atoms with Gasteiger partial charge >= 0.3 is 0 Å². The highest BCUT2D eigenvalue weighted by atomic mass is 16.2. The van der Waals surface area contributed by atoms with Crippen LogP contribution in [0.3, 0.4) is 0 Å². The summed E-state index contributed by atoms with van der Waals surface area (Å²) in [7, 11) is 0. The van der Waals surface area contributed by atoms with Crippen LogP contribution in [0.2, 0.25) is 0 Å². The van der Waals surface area contributed by atoms with E-state index >= 15 is 0 Å². The molecular formula is C19H21N3O5. The van der Waals surface area contributed by atoms with Crippen molar-refractivity contribution < 1.29 is 24.0 Å². The average Bonchev–Trinajstić information content (AvgIpc) is 2.95. The van der Waals surface area contributed by atoms with Crippen molar-refractivity contribution in [3.05, 3.63) is 29.3 Å². The second-order valence-corrected chi connectivity index (χ2v) is 6.72. The van der Waals surface area contributed by atoms with E-state index < -0.39 is 23.8 Å². The minimum Gasteiger partial charge on any atom is -0.372 e. The maximum atomic E-state index is 12.8. The Labute approximate surface area is 156 Å². The van der Waals surface area contributed by atoms with Crippen LogP contribution in [0, 0.1) is 0 Å². The Balaban J connectivity index is 0.00000102. The third-order valence-corrected chi connectivity index (χ3v) is 5.14. The summed E-state index contributed by atoms with van der Waals surface area (Å²) in [6.07, 6.45) is 3.75. The summed E-state index contributed by atoms with van der Waals surface area (Å²) in [5.74, 6) is -1.86. The lowest BCUT2D eigenvalue weighted by molar-refractivity contribution is -0.136. The zero-order chi connectivity index (χ0) is 19.6. The second kappa shape index (κ2) is 7.69. The molecule has 1 unspecified atom stereocenters. The lowest BCUT2D eigenvalue weighted by Gasteiger charge is -2.29. The van der Waals surface area contributed by atoms with Gasteiger partial charge in [0.25, 0.3) is 11.8 Å². The van der Waals surface area contributed by atoms with E-state index in [0.29, 0.717) is 11.1 Å². The molecule has 3 aliphatic rings. The van der Waals surface area contributed by atoms with Crippen molar-refractivity contribution in [2.75, 3.05) is 18.0 Å². The van der Waals surface area contributed by atoms with Crippen LogP contribution in [-0.2, 0) is 14.4 Å². The van der Waals surface area contributed by atoms with Gasteiger partial charge in [0.2, 0.25) is 11.8 Å². The first-order chi connectivity index (χ1) is 13.1. The highest BCUT2D eigenvalue weighted by molar-refractivity contribution is 6.23. The van der Waals surface area contributed by atoms with E-state index in [1.165, 1.54) is 6.42 Å². The number of piperidine rings is 2. The van der Waals surface area contributed by atoms with Crippen LogP contribution in [0.1, 0.15) is 52.8 Å². The van der Waals surface area contributed by atoms with E-state index in [2.05, 4.69) is 10.2 Å². The molecule has 0 radical (unpaired) electrons. The summed E-state index contributed by atoms with van der Waals surface area (Å²) >= 11 is 0. The molecule has 0 spiro atoms. The molecule has 8 nitrogen and oxygen atoms in total. The first-order valence-electron chi connectivity index (χ1n) is 8.96. The standard InChI is InChI=1S/C18H19N3O4.CH2O/c22-15-7-6-14(16(23)19-15)21-17(24)12-5-4-11(10-13(12)18(21)25)20-8-2-1-3-9-20;1-2/h4-5,10,14H,1-3,6-9H2,(H,19,22,23);1H2. The van der Waals surface area contributed by atoms with Crippen LogP contribution in [-0.4, -0.2) is 54.4 Å². The lowest BCUT2D eigenvalue weighted by Crippen LogP contribution is -2.54. The number of nitrogens with zero attached hydrogens (tertiary/aromatic N) is 2. The molecule has 0 aromatic heterocycles. The van der Waals surface area contributed by atoms with Crippen LogP contribution in [0.25, 0.3) is 0 Å². The number of amides is 4. The van der Waals surface area contributed by atoms with Gasteiger partial charge in [-0.25, -0.2) is 0 Å². The monoisotopic (exact) mass is 371 g/mol. The van der Waals surface area contributed by atoms with Crippen LogP contribution in [0.5, 0.6) is 0 Å². The topological polar surface area (TPSA) is 104 Å². The Hall–Kier alpha value is -3.03. The molecule has 1 aromatic carbocycles. The lowest BCUT2D eigenvalue weighted by atomic mass is 10.0. The van der Waals surface area contributed by atoms with Crippen molar-refractivity contribution in [2.24, 2.45) is 0 Å². The molecule has 8 heteroatoms. The van der Waals surface area contributed by atoms with Crippen LogP contribution >= 0.6 is 0 Å². The molecule has 27 heavy (non-hydrogen) atoms. The first kappa shape index (κ1) is 18.8. The molecule has 4 amide bonds. The highest BCUT2D eigenvalue weighted by Crippen LogP contribution is 2.31. The van der Waals surface area contributed by atoms with Gasteiger partial charge in [-0.1, -0.05) is 0 Å². The maximum absolute atomic E-state index is 12.8. The average molecular weight is 371 g/mol. The van der Waals surface area contributed by atoms with E-state index in [-0.39, 0.29) is 18.7 Å². The van der Waals surface area contributed by atoms with Crippen molar-refractivity contribution in [1.82, 2.24) is 10.2 Å². The molecular weight excluding hydrogens is 350 g/mol. The molecule has 0 saturated carbocycles. The Morgan fingerprint density at radius 1 is 0.926 bits per heavy atom. The van der Waals surface area contributed by atoms with E-state index in [1.54, 1.807) is 12.1 Å². The fourth-order valence-corrected chi connectivity index (χ4v) is 3.81. The number of benzene rings is 1. The van der Waals surface area contributed by atoms with Crippen molar-refractivity contribution in [3.63, 3.8) is 0 Å². The summed E-state index contributed by atoms with van der Waals surface area (Å²) in [5.41, 5.74) is 1.61. The molecule has 142 valence electrons. The number of fused-ring (bicyclic) bond motifs is 1. The number of carbonyl (C=O) groups is 5. The zero-order valence-corrected chi connectivity index (χ0v) is 14.9. The van der Waals surface area contributed by atoms with Crippen molar-refractivity contribution in [1.29, 1.82) is 0 Å². The summed E-state index contributed by atoms with van der Waals surface area (Å²) in [4.78, 5) is 60.0. The quantitative estimate of drug-likeness (QED) is 0.775. The summed E-state index contributed by atoms with van der Waals surface area (Å²) in [6.45, 7) is 3.88. The van der Waals surface area contributed by atoms with E-state index in [9.17, 15) is 19.2 Å². The molecule has 2 fully saturated rings. The molecule has 3 aliphatic heterocycles. The number of imide groups is 2. The normalized spacial score (nSPS) is 22.1. The number of carbonyl (C=O) groups excluding carboxylic acids is 5. The van der Waals surface area contributed by atoms with E-state index in [1.807, 2.05) is 12.9 Å². The molecule has 4 rings (SSSR count). The molecule has 1 N–H and O–H groups in total. The Morgan fingerprint density at radius 2 is 1.59 bits per heavy atom. The Kier molecular flexibility index (Phi) is 5.34. The predicted molar refractivity (Wildman–Crippen MR) is 96.3 cm³/mol. The van der Waals surface area contributed by atoms with Gasteiger partial charge < -0.3 is 9.69 Å². The second-order valence-electron chi connectivity index (χ2n) is 6.72. The van der Waals surface area contributed by atoms with E-state index in [4.69, 9.17) is 4.79 Å². The third-order valence-electron chi connectivity index (χ3n) is 5.14. The van der Waals surface area contributed by atoms with Crippen molar-refractivity contribution in [2.45, 2.75) is 38.1 Å². The van der Waals surface area contributed by atoms with Gasteiger partial charge in [0.1, 0.15) is 12.8 Å². The fraction of sp³-hybridized carbons (Fsp3) is 0.421. The van der Waals surface area contributed by atoms with Gasteiger partial charge in [0, 0.05) is 25.2 Å². The summed E-state index contributed by atoms with van der Waals surface area (Å²) in [6, 6.07) is 4.38. The van der Waals surface area contributed by atoms with E-state index in [0.717, 1.165) is 36.5 Å². The minimum atomic E-state index is -0.913. The Morgan fingerprint density at radius 3 is 2.26 bits per heavy atom. The van der Waals surface area contributed by atoms with Gasteiger partial charge in [-0.2, -0.15) is 0 Å². The largest absolute Gasteiger partial charge is 0.372 e. The molecule has 2 saturated heterocycles. The molecule has 1 atom stereocenters. The molecule has 1 aromatic rings. The number of nitrogens with one attached hydrogen (secondary N) is 1. The number of rotatable bonds is 2. The number of hydrogen-bond donors (Lipinski definition) is 1. The third kappa shape index (κ3) is 3.34. The van der Waals surface area contributed by atoms with Gasteiger partial charge in [-0.05, 0) is 43.9 Å². The summed E-state index contributed by atoms with van der Waals surface area (Å²) < 4.78 is 0. The van der Waals surface area contributed by atoms with Crippen LogP contribution in [0.4, 0.5) is 5.69 Å². The van der Waals surface area contributed by atoms with Crippen LogP contribution < -0.4 is 10.2 Å². The van der Waals surface area contributed by atoms with Crippen LogP contribution in [0.15, 0.2) is 18.2 Å². The first-order valence-corrected chi connectivity index (χ1v) is 8.96. The van der Waals surface area contributed by atoms with Gasteiger partial charge in [-0.15, -0.1) is 0 Å². The summed E-state index contributed by atoms with van der Waals surface area (Å²) in [5, 5.41) is 2.21. The fourth-order valence-electron chi connectivity index (χ4n) is 3.81. The van der Waals surface area contributed by atoms with Gasteiger partial charge in [-0.3, -0.25) is 29.4 Å². The molecule has 0 bridgehead atoms. The van der Waals surface area contributed by atoms with Crippen molar-refractivity contribution in [3.8, 4) is 0 Å². The zero-order valence-electron chi connectivity index (χ0n) is 14.9. The van der Waals surface area contributed by atoms with Crippen molar-refractivity contribution >= 4 is 36.1 Å². The predicted octanol–water partition coefficient (Wildman–Crippen LogP) is 0.893. The minimum absolute atomic E-state index is 0.128. The molecule has 0 aliphatic carbocycles. The smallest absolute Gasteiger partial charge is 0.262 e.